The Balaban J connectivity index is 0.00000242. The summed E-state index contributed by atoms with van der Waals surface area (Å²) < 4.78 is 0. The maximum absolute atomic E-state index is 12.3. The Morgan fingerprint density at radius 3 is 2.64 bits per heavy atom. The van der Waals surface area contributed by atoms with Gasteiger partial charge < -0.3 is 16.4 Å². The van der Waals surface area contributed by atoms with E-state index in [4.69, 9.17) is 5.73 Å². The summed E-state index contributed by atoms with van der Waals surface area (Å²) in [6.07, 6.45) is 2.47. The van der Waals surface area contributed by atoms with Crippen LogP contribution in [0.3, 0.4) is 0 Å². The summed E-state index contributed by atoms with van der Waals surface area (Å²) in [7, 11) is 0. The molecule has 1 saturated carbocycles. The van der Waals surface area contributed by atoms with Crippen LogP contribution in [0.5, 0.6) is 0 Å². The number of anilines is 1. The quantitative estimate of drug-likeness (QED) is 0.793. The van der Waals surface area contributed by atoms with Crippen LogP contribution >= 0.6 is 12.4 Å². The van der Waals surface area contributed by atoms with Crippen LogP contribution < -0.4 is 16.4 Å². The van der Waals surface area contributed by atoms with Gasteiger partial charge >= 0.3 is 0 Å². The third-order valence-corrected chi connectivity index (χ3v) is 3.94. The van der Waals surface area contributed by atoms with Crippen molar-refractivity contribution in [1.82, 2.24) is 5.32 Å². The molecular weight excluding hydrogens is 302 g/mol. The summed E-state index contributed by atoms with van der Waals surface area (Å²) in [5.41, 5.74) is 8.05. The van der Waals surface area contributed by atoms with Gasteiger partial charge in [0.05, 0.1) is 0 Å². The van der Waals surface area contributed by atoms with Crippen molar-refractivity contribution in [1.29, 1.82) is 0 Å². The monoisotopic (exact) mass is 325 g/mol. The fourth-order valence-corrected chi connectivity index (χ4v) is 2.65. The molecule has 1 aliphatic rings. The largest absolute Gasteiger partial charge is 0.352 e. The van der Waals surface area contributed by atoms with Crippen molar-refractivity contribution in [2.75, 3.05) is 11.9 Å². The van der Waals surface area contributed by atoms with Crippen LogP contribution in [0.1, 0.15) is 42.1 Å². The van der Waals surface area contributed by atoms with Gasteiger partial charge in [0.15, 0.2) is 0 Å². The molecule has 0 spiro atoms. The first-order valence-electron chi connectivity index (χ1n) is 7.46. The lowest BCUT2D eigenvalue weighted by molar-refractivity contribution is -0.119. The molecule has 1 aliphatic carbocycles. The normalized spacial score (nSPS) is 20.1. The van der Waals surface area contributed by atoms with E-state index < -0.39 is 0 Å². The number of amides is 2. The summed E-state index contributed by atoms with van der Waals surface area (Å²) >= 11 is 0. The number of benzene rings is 1. The zero-order valence-electron chi connectivity index (χ0n) is 13.0. The minimum Gasteiger partial charge on any atom is -0.352 e. The van der Waals surface area contributed by atoms with Gasteiger partial charge in [0.25, 0.3) is 5.91 Å². The average molecular weight is 326 g/mol. The number of halogens is 1. The van der Waals surface area contributed by atoms with E-state index in [-0.39, 0.29) is 36.2 Å². The number of nitrogens with two attached hydrogens (primary N) is 1. The van der Waals surface area contributed by atoms with Gasteiger partial charge in [0.2, 0.25) is 5.91 Å². The highest BCUT2D eigenvalue weighted by Gasteiger charge is 2.28. The maximum atomic E-state index is 12.3. The van der Waals surface area contributed by atoms with E-state index in [2.05, 4.69) is 10.6 Å². The predicted octanol–water partition coefficient (Wildman–Crippen LogP) is 2.23. The Morgan fingerprint density at radius 2 is 2.05 bits per heavy atom. The molecule has 122 valence electrons. The number of nitrogens with one attached hydrogen (secondary N) is 2. The van der Waals surface area contributed by atoms with Gasteiger partial charge in [-0.05, 0) is 50.8 Å². The first-order valence-corrected chi connectivity index (χ1v) is 7.46. The van der Waals surface area contributed by atoms with Crippen LogP contribution in [0.15, 0.2) is 18.2 Å². The van der Waals surface area contributed by atoms with E-state index in [1.165, 1.54) is 0 Å². The van der Waals surface area contributed by atoms with E-state index in [1.807, 2.05) is 19.9 Å². The van der Waals surface area contributed by atoms with Gasteiger partial charge in [0.1, 0.15) is 0 Å². The van der Waals surface area contributed by atoms with Gasteiger partial charge in [-0.25, -0.2) is 0 Å². The summed E-state index contributed by atoms with van der Waals surface area (Å²) in [6.45, 7) is 4.37. The van der Waals surface area contributed by atoms with Crippen molar-refractivity contribution in [2.45, 2.75) is 39.2 Å². The Labute approximate surface area is 137 Å². The molecule has 1 fully saturated rings. The molecule has 4 N–H and O–H groups in total. The van der Waals surface area contributed by atoms with E-state index in [0.29, 0.717) is 17.8 Å². The number of rotatable bonds is 4. The molecule has 2 rings (SSSR count). The Morgan fingerprint density at radius 1 is 1.32 bits per heavy atom. The van der Waals surface area contributed by atoms with Crippen LogP contribution in [-0.4, -0.2) is 24.4 Å². The van der Waals surface area contributed by atoms with Gasteiger partial charge in [-0.2, -0.15) is 0 Å². The lowest BCUT2D eigenvalue weighted by Gasteiger charge is -2.14. The minimum absolute atomic E-state index is 0. The molecule has 2 unspecified atom stereocenters. The summed E-state index contributed by atoms with van der Waals surface area (Å²) in [5.74, 6) is -0.150. The molecule has 22 heavy (non-hydrogen) atoms. The maximum Gasteiger partial charge on any atom is 0.251 e. The van der Waals surface area contributed by atoms with Crippen LogP contribution in [0.25, 0.3) is 0 Å². The molecule has 5 nitrogen and oxygen atoms in total. The van der Waals surface area contributed by atoms with Crippen molar-refractivity contribution in [2.24, 2.45) is 11.7 Å². The smallest absolute Gasteiger partial charge is 0.251 e. The molecule has 2 atom stereocenters. The molecular formula is C16H24ClN3O2. The molecule has 2 amide bonds. The molecule has 0 aromatic heterocycles. The molecule has 0 radical (unpaired) electrons. The van der Waals surface area contributed by atoms with Gasteiger partial charge in [-0.1, -0.05) is 6.07 Å². The lowest BCUT2D eigenvalue weighted by Crippen LogP contribution is -2.25. The molecule has 0 heterocycles. The van der Waals surface area contributed by atoms with Crippen molar-refractivity contribution >= 4 is 29.9 Å². The number of carbonyl (C=O) groups excluding carboxylic acids is 2. The number of hydrogen-bond donors (Lipinski definition) is 3. The predicted molar refractivity (Wildman–Crippen MR) is 90.4 cm³/mol. The number of aryl methyl sites for hydroxylation is 1. The molecule has 1 aromatic carbocycles. The fraction of sp³-hybridized carbons (Fsp3) is 0.500. The van der Waals surface area contributed by atoms with Crippen molar-refractivity contribution < 1.29 is 9.59 Å². The zero-order chi connectivity index (χ0) is 15.4. The highest BCUT2D eigenvalue weighted by atomic mass is 35.5. The molecule has 0 aliphatic heterocycles. The van der Waals surface area contributed by atoms with E-state index >= 15 is 0 Å². The minimum atomic E-state index is -0.129. The summed E-state index contributed by atoms with van der Waals surface area (Å²) in [6, 6.07) is 5.47. The van der Waals surface area contributed by atoms with Crippen LogP contribution in [0.4, 0.5) is 5.69 Å². The third-order valence-electron chi connectivity index (χ3n) is 3.94. The summed E-state index contributed by atoms with van der Waals surface area (Å²) in [5, 5.41) is 5.69. The molecule has 0 saturated heterocycles. The number of carbonyl (C=O) groups is 2. The molecule has 0 bridgehead atoms. The Hall–Kier alpha value is -1.59. The van der Waals surface area contributed by atoms with Crippen molar-refractivity contribution in [3.8, 4) is 0 Å². The first kappa shape index (κ1) is 18.5. The van der Waals surface area contributed by atoms with Crippen molar-refractivity contribution in [3.05, 3.63) is 29.3 Å². The second kappa shape index (κ2) is 8.15. The topological polar surface area (TPSA) is 84.2 Å². The Bertz CT molecular complexity index is 548. The standard InChI is InChI=1S/C16H23N3O2.ClH/c1-3-18-15(20)12-5-4-10(2)14(9-12)19-16(21)11-6-7-13(17)8-11;/h4-5,9,11,13H,3,6-8,17H2,1-2H3,(H,18,20)(H,19,21);1H. The zero-order valence-corrected chi connectivity index (χ0v) is 13.8. The average Bonchev–Trinajstić information content (AvgIpc) is 2.88. The van der Waals surface area contributed by atoms with Crippen LogP contribution in [-0.2, 0) is 4.79 Å². The van der Waals surface area contributed by atoms with E-state index in [0.717, 1.165) is 24.8 Å². The molecule has 6 heteroatoms. The van der Waals surface area contributed by atoms with Gasteiger partial charge in [-0.3, -0.25) is 9.59 Å². The van der Waals surface area contributed by atoms with E-state index in [1.54, 1.807) is 12.1 Å². The fourth-order valence-electron chi connectivity index (χ4n) is 2.65. The van der Waals surface area contributed by atoms with Crippen molar-refractivity contribution in [3.63, 3.8) is 0 Å². The second-order valence-electron chi connectivity index (χ2n) is 5.65. The second-order valence-corrected chi connectivity index (χ2v) is 5.65. The van der Waals surface area contributed by atoms with Gasteiger partial charge in [0, 0.05) is 29.8 Å². The van der Waals surface area contributed by atoms with Crippen LogP contribution in [0, 0.1) is 12.8 Å². The lowest BCUT2D eigenvalue weighted by atomic mass is 10.1. The summed E-state index contributed by atoms with van der Waals surface area (Å²) in [4.78, 5) is 24.1. The third kappa shape index (κ3) is 4.45. The number of hydrogen-bond acceptors (Lipinski definition) is 3. The van der Waals surface area contributed by atoms with E-state index in [9.17, 15) is 9.59 Å². The van der Waals surface area contributed by atoms with Crippen LogP contribution in [0.2, 0.25) is 0 Å². The highest BCUT2D eigenvalue weighted by molar-refractivity contribution is 5.98. The highest BCUT2D eigenvalue weighted by Crippen LogP contribution is 2.26. The van der Waals surface area contributed by atoms with Gasteiger partial charge in [-0.15, -0.1) is 12.4 Å². The first-order chi connectivity index (χ1) is 10.0. The SMILES string of the molecule is CCNC(=O)c1ccc(C)c(NC(=O)C2CCC(N)C2)c1.Cl. The molecule has 1 aromatic rings. The Kier molecular flexibility index (Phi) is 6.84.